The highest BCUT2D eigenvalue weighted by atomic mass is 32.2. The van der Waals surface area contributed by atoms with E-state index >= 15 is 0 Å². The number of nitrogens with zero attached hydrogens (tertiary/aromatic N) is 4. The number of ether oxygens (including phenoxy) is 1. The predicted octanol–water partition coefficient (Wildman–Crippen LogP) is 1.58. The molecule has 0 radical (unpaired) electrons. The van der Waals surface area contributed by atoms with Crippen LogP contribution in [0.25, 0.3) is 0 Å². The van der Waals surface area contributed by atoms with Crippen molar-refractivity contribution >= 4 is 23.5 Å². The lowest BCUT2D eigenvalue weighted by atomic mass is 9.95. The zero-order valence-corrected chi connectivity index (χ0v) is 14.6. The lowest BCUT2D eigenvalue weighted by Crippen LogP contribution is -2.47. The Morgan fingerprint density at radius 1 is 1.22 bits per heavy atom. The van der Waals surface area contributed by atoms with Gasteiger partial charge >= 0.3 is 0 Å². The van der Waals surface area contributed by atoms with E-state index in [1.165, 1.54) is 0 Å². The maximum Gasteiger partial charge on any atom is 0.225 e. The third kappa shape index (κ3) is 3.95. The molecular weight excluding hydrogens is 312 g/mol. The molecule has 7 heteroatoms. The highest BCUT2D eigenvalue weighted by Gasteiger charge is 2.29. The van der Waals surface area contributed by atoms with E-state index in [1.807, 2.05) is 24.1 Å². The number of rotatable bonds is 3. The number of aryl methyl sites for hydroxylation is 1. The third-order valence-corrected chi connectivity index (χ3v) is 5.04. The zero-order valence-electron chi connectivity index (χ0n) is 13.8. The van der Waals surface area contributed by atoms with Gasteiger partial charge in [0.05, 0.1) is 13.2 Å². The number of hydrogen-bond donors (Lipinski definition) is 0. The second-order valence-electron chi connectivity index (χ2n) is 6.05. The van der Waals surface area contributed by atoms with Crippen molar-refractivity contribution in [2.24, 2.45) is 5.92 Å². The number of carbonyl (C=O) groups excluding carboxylic acids is 1. The molecule has 0 aromatic carbocycles. The standard InChI is InChI=1S/C16H24N4O2S/c1-12-11-14(18-16(17-12)23-2)19-5-3-13(4-6-19)15(21)20-7-9-22-10-8-20/h11,13H,3-10H2,1-2H3. The van der Waals surface area contributed by atoms with Gasteiger partial charge in [-0.2, -0.15) is 0 Å². The fraction of sp³-hybridized carbons (Fsp3) is 0.688. The van der Waals surface area contributed by atoms with E-state index in [0.29, 0.717) is 19.1 Å². The van der Waals surface area contributed by atoms with Gasteiger partial charge in [0, 0.05) is 43.9 Å². The minimum atomic E-state index is 0.146. The number of morpholine rings is 1. The molecule has 0 bridgehead atoms. The molecule has 0 aliphatic carbocycles. The molecule has 2 aliphatic heterocycles. The second kappa shape index (κ2) is 7.49. The van der Waals surface area contributed by atoms with Crippen LogP contribution in [0.3, 0.4) is 0 Å². The lowest BCUT2D eigenvalue weighted by Gasteiger charge is -2.36. The molecule has 0 unspecified atom stereocenters. The number of hydrogen-bond acceptors (Lipinski definition) is 6. The molecule has 23 heavy (non-hydrogen) atoms. The van der Waals surface area contributed by atoms with E-state index in [-0.39, 0.29) is 5.92 Å². The van der Waals surface area contributed by atoms with Gasteiger partial charge in [0.2, 0.25) is 5.91 Å². The third-order valence-electron chi connectivity index (χ3n) is 4.49. The van der Waals surface area contributed by atoms with Crippen molar-refractivity contribution in [3.05, 3.63) is 11.8 Å². The summed E-state index contributed by atoms with van der Waals surface area (Å²) in [7, 11) is 0. The van der Waals surface area contributed by atoms with Crippen molar-refractivity contribution < 1.29 is 9.53 Å². The monoisotopic (exact) mass is 336 g/mol. The average Bonchev–Trinajstić information content (AvgIpc) is 2.61. The molecule has 0 atom stereocenters. The second-order valence-corrected chi connectivity index (χ2v) is 6.83. The summed E-state index contributed by atoms with van der Waals surface area (Å²) in [6, 6.07) is 2.03. The molecular formula is C16H24N4O2S. The number of aromatic nitrogens is 2. The SMILES string of the molecule is CSc1nc(C)cc(N2CCC(C(=O)N3CCOCC3)CC2)n1. The fourth-order valence-electron chi connectivity index (χ4n) is 3.18. The predicted molar refractivity (Wildman–Crippen MR) is 90.9 cm³/mol. The maximum atomic E-state index is 12.6. The summed E-state index contributed by atoms with van der Waals surface area (Å²) in [6.45, 7) is 6.57. The first-order valence-electron chi connectivity index (χ1n) is 8.18. The Bertz CT molecular complexity index is 555. The largest absolute Gasteiger partial charge is 0.378 e. The van der Waals surface area contributed by atoms with Gasteiger partial charge < -0.3 is 14.5 Å². The minimum Gasteiger partial charge on any atom is -0.378 e. The van der Waals surface area contributed by atoms with Crippen LogP contribution < -0.4 is 4.90 Å². The smallest absolute Gasteiger partial charge is 0.225 e. The quantitative estimate of drug-likeness (QED) is 0.617. The van der Waals surface area contributed by atoms with Gasteiger partial charge in [0.15, 0.2) is 5.16 Å². The van der Waals surface area contributed by atoms with Gasteiger partial charge in [0.1, 0.15) is 5.82 Å². The zero-order chi connectivity index (χ0) is 16.2. The molecule has 2 fully saturated rings. The van der Waals surface area contributed by atoms with Crippen LogP contribution in [0, 0.1) is 12.8 Å². The van der Waals surface area contributed by atoms with Crippen molar-refractivity contribution in [3.8, 4) is 0 Å². The Labute approximate surface area is 141 Å². The number of carbonyl (C=O) groups is 1. The molecule has 0 spiro atoms. The van der Waals surface area contributed by atoms with Gasteiger partial charge in [-0.1, -0.05) is 11.8 Å². The fourth-order valence-corrected chi connectivity index (χ4v) is 3.60. The van der Waals surface area contributed by atoms with Crippen LogP contribution in [0.15, 0.2) is 11.2 Å². The van der Waals surface area contributed by atoms with Crippen LogP contribution in [0.1, 0.15) is 18.5 Å². The summed E-state index contributed by atoms with van der Waals surface area (Å²) in [6.07, 6.45) is 3.79. The highest BCUT2D eigenvalue weighted by molar-refractivity contribution is 7.98. The molecule has 2 aliphatic rings. The summed E-state index contributed by atoms with van der Waals surface area (Å²) in [5, 5.41) is 0.812. The van der Waals surface area contributed by atoms with Crippen molar-refractivity contribution in [3.63, 3.8) is 0 Å². The molecule has 126 valence electrons. The van der Waals surface area contributed by atoms with E-state index in [9.17, 15) is 4.79 Å². The van der Waals surface area contributed by atoms with Crippen molar-refractivity contribution in [1.82, 2.24) is 14.9 Å². The topological polar surface area (TPSA) is 58.6 Å². The lowest BCUT2D eigenvalue weighted by molar-refractivity contribution is -0.140. The van der Waals surface area contributed by atoms with Crippen LogP contribution >= 0.6 is 11.8 Å². The number of thioether (sulfide) groups is 1. The van der Waals surface area contributed by atoms with E-state index in [1.54, 1.807) is 11.8 Å². The molecule has 1 aromatic rings. The van der Waals surface area contributed by atoms with Crippen LogP contribution in [0.4, 0.5) is 5.82 Å². The first-order chi connectivity index (χ1) is 11.2. The molecule has 2 saturated heterocycles. The normalized spacial score (nSPS) is 19.9. The average molecular weight is 336 g/mol. The Kier molecular flexibility index (Phi) is 5.38. The van der Waals surface area contributed by atoms with Crippen LogP contribution in [-0.4, -0.2) is 66.4 Å². The Hall–Kier alpha value is -1.34. The van der Waals surface area contributed by atoms with E-state index in [0.717, 1.165) is 55.7 Å². The number of anilines is 1. The van der Waals surface area contributed by atoms with Crippen molar-refractivity contribution in [2.75, 3.05) is 50.5 Å². The van der Waals surface area contributed by atoms with Gasteiger partial charge in [-0.15, -0.1) is 0 Å². The van der Waals surface area contributed by atoms with E-state index in [4.69, 9.17) is 4.74 Å². The van der Waals surface area contributed by atoms with Gasteiger partial charge in [-0.05, 0) is 26.0 Å². The van der Waals surface area contributed by atoms with Gasteiger partial charge in [0.25, 0.3) is 0 Å². The first kappa shape index (κ1) is 16.5. The summed E-state index contributed by atoms with van der Waals surface area (Å²) in [4.78, 5) is 25.8. The van der Waals surface area contributed by atoms with Crippen LogP contribution in [0.5, 0.6) is 0 Å². The van der Waals surface area contributed by atoms with Crippen molar-refractivity contribution in [2.45, 2.75) is 24.9 Å². The summed E-state index contributed by atoms with van der Waals surface area (Å²) < 4.78 is 5.33. The first-order valence-corrected chi connectivity index (χ1v) is 9.41. The summed E-state index contributed by atoms with van der Waals surface area (Å²) in [5.74, 6) is 1.43. The van der Waals surface area contributed by atoms with Crippen LogP contribution in [0.2, 0.25) is 0 Å². The highest BCUT2D eigenvalue weighted by Crippen LogP contribution is 2.25. The maximum absolute atomic E-state index is 12.6. The molecule has 3 heterocycles. The Morgan fingerprint density at radius 3 is 2.57 bits per heavy atom. The Balaban J connectivity index is 1.59. The molecule has 1 aromatic heterocycles. The molecule has 0 saturated carbocycles. The van der Waals surface area contributed by atoms with E-state index in [2.05, 4.69) is 14.9 Å². The van der Waals surface area contributed by atoms with Gasteiger partial charge in [-0.3, -0.25) is 4.79 Å². The summed E-state index contributed by atoms with van der Waals surface area (Å²) >= 11 is 1.56. The van der Waals surface area contributed by atoms with E-state index < -0.39 is 0 Å². The van der Waals surface area contributed by atoms with Gasteiger partial charge in [-0.25, -0.2) is 9.97 Å². The summed E-state index contributed by atoms with van der Waals surface area (Å²) in [5.41, 5.74) is 0.992. The molecule has 1 amide bonds. The van der Waals surface area contributed by atoms with Crippen molar-refractivity contribution in [1.29, 1.82) is 0 Å². The number of piperidine rings is 1. The number of amides is 1. The minimum absolute atomic E-state index is 0.146. The molecule has 6 nitrogen and oxygen atoms in total. The molecule has 3 rings (SSSR count). The van der Waals surface area contributed by atoms with Crippen LogP contribution in [-0.2, 0) is 9.53 Å². The Morgan fingerprint density at radius 2 is 1.91 bits per heavy atom. The molecule has 0 N–H and O–H groups in total.